The summed E-state index contributed by atoms with van der Waals surface area (Å²) in [6.45, 7) is 4.55. The van der Waals surface area contributed by atoms with E-state index in [2.05, 4.69) is 156 Å². The molecule has 8 heteroatoms. The maximum absolute atomic E-state index is 13.3. The van der Waals surface area contributed by atoms with E-state index in [4.69, 9.17) is 9.97 Å². The number of unbranched alkanes of at least 4 members (excludes halogenated alkanes) is 24. The number of nitrogens with zero attached hydrogens (tertiary/aromatic N) is 2. The van der Waals surface area contributed by atoms with Crippen LogP contribution in [-0.2, 0) is 9.59 Å². The molecule has 0 unspecified atom stereocenters. The highest BCUT2D eigenvalue weighted by Crippen LogP contribution is 2.39. The van der Waals surface area contributed by atoms with Gasteiger partial charge in [0.2, 0.25) is 11.8 Å². The van der Waals surface area contributed by atoms with Crippen LogP contribution in [0.5, 0.6) is 0 Å². The highest BCUT2D eigenvalue weighted by Gasteiger charge is 2.20. The molecule has 9 rings (SSSR count). The van der Waals surface area contributed by atoms with Crippen LogP contribution in [0.15, 0.2) is 133 Å². The molecule has 0 spiro atoms. The SMILES string of the molecule is CCCCCCCCCCCCCCCC(=O)Nc1ccc(-c2c3nc(c(-c4ccc(NC(=O)CCCCCCCCCCCCCCC)cc4)c4ccc([nH]4)c(-c4ccccc4)c4nc(c(-c5ccccc5)c5ccc2[nH]5)C=C4)C=C3)cc1. The quantitative estimate of drug-likeness (QED) is 0.0301. The highest BCUT2D eigenvalue weighted by molar-refractivity contribution is 6.00. The molecule has 4 N–H and O–H groups in total. The molecular formula is C76H92N6O2. The number of hydrogen-bond donors (Lipinski definition) is 4. The van der Waals surface area contributed by atoms with Gasteiger partial charge in [-0.3, -0.25) is 9.59 Å². The predicted octanol–water partition coefficient (Wildman–Crippen LogP) is 22.2. The third kappa shape index (κ3) is 17.7. The smallest absolute Gasteiger partial charge is 0.224 e. The van der Waals surface area contributed by atoms with Crippen LogP contribution in [0.3, 0.4) is 0 Å². The van der Waals surface area contributed by atoms with Gasteiger partial charge in [-0.25, -0.2) is 9.97 Å². The highest BCUT2D eigenvalue weighted by atomic mass is 16.2. The molecule has 2 amide bonds. The van der Waals surface area contributed by atoms with Crippen molar-refractivity contribution < 1.29 is 9.59 Å². The summed E-state index contributed by atoms with van der Waals surface area (Å²) in [5.74, 6) is 0.106. The maximum atomic E-state index is 13.3. The van der Waals surface area contributed by atoms with Crippen molar-refractivity contribution in [2.75, 3.05) is 10.6 Å². The molecule has 0 saturated carbocycles. The van der Waals surface area contributed by atoms with Crippen molar-refractivity contribution in [1.29, 1.82) is 0 Å². The molecule has 0 atom stereocenters. The standard InChI is InChI=1S/C76H92N6O2/c1-3-5-7-9-11-13-15-17-19-21-23-25-33-39-71(83)77-61-45-41-59(42-46-61)75-67-53-51-65(80-67)73(57-35-29-27-30-36-57)63-49-50-64(79-63)74(58-37-31-28-32-38-58)66-52-54-68(81-66)76(70-56-55-69(75)82-70)60-43-47-62(48-44-60)78-72(84)40-34-26-24-22-20-18-16-14-12-10-8-6-4-2/h27-32,35-38,41-56,80-81H,3-26,33-34,39-40H2,1-2H3,(H,77,83)(H,78,84). The zero-order valence-corrected chi connectivity index (χ0v) is 50.5. The summed E-state index contributed by atoms with van der Waals surface area (Å²) in [6.07, 6.45) is 42.7. The second-order valence-corrected chi connectivity index (χ2v) is 23.5. The minimum atomic E-state index is 0.0530. The first kappa shape index (κ1) is 61.0. The number of aromatic nitrogens is 4. The summed E-state index contributed by atoms with van der Waals surface area (Å²) in [4.78, 5) is 45.2. The topological polar surface area (TPSA) is 116 Å². The number of rotatable bonds is 34. The van der Waals surface area contributed by atoms with Gasteiger partial charge < -0.3 is 20.6 Å². The van der Waals surface area contributed by atoms with E-state index >= 15 is 0 Å². The number of H-pyrrole nitrogens is 2. The zero-order chi connectivity index (χ0) is 58.0. The Morgan fingerprint density at radius 2 is 0.560 bits per heavy atom. The number of anilines is 2. The molecule has 0 aliphatic carbocycles. The van der Waals surface area contributed by atoms with Gasteiger partial charge in [-0.05, 0) is 108 Å². The largest absolute Gasteiger partial charge is 0.354 e. The third-order valence-corrected chi connectivity index (χ3v) is 16.8. The minimum Gasteiger partial charge on any atom is -0.354 e. The summed E-state index contributed by atoms with van der Waals surface area (Å²) in [7, 11) is 0. The van der Waals surface area contributed by atoms with E-state index in [1.165, 1.54) is 141 Å². The Bertz CT molecular complexity index is 3180. The van der Waals surface area contributed by atoms with Crippen LogP contribution in [0.1, 0.15) is 216 Å². The first-order valence-corrected chi connectivity index (χ1v) is 32.5. The molecule has 8 nitrogen and oxygen atoms in total. The fourth-order valence-corrected chi connectivity index (χ4v) is 12.1. The molecule has 2 aliphatic heterocycles. The Labute approximate surface area is 501 Å². The molecule has 8 bridgehead atoms. The van der Waals surface area contributed by atoms with Gasteiger partial charge in [-0.15, -0.1) is 0 Å². The van der Waals surface area contributed by atoms with Gasteiger partial charge in [0.25, 0.3) is 0 Å². The van der Waals surface area contributed by atoms with Gasteiger partial charge in [0.1, 0.15) is 0 Å². The van der Waals surface area contributed by atoms with Crippen LogP contribution >= 0.6 is 0 Å². The number of carbonyl (C=O) groups excluding carboxylic acids is 2. The lowest BCUT2D eigenvalue weighted by atomic mass is 10.0. The van der Waals surface area contributed by atoms with Crippen molar-refractivity contribution in [2.24, 2.45) is 0 Å². The molecular weight excluding hydrogens is 1030 g/mol. The second-order valence-electron chi connectivity index (χ2n) is 23.5. The number of hydrogen-bond acceptors (Lipinski definition) is 4. The average molecular weight is 1120 g/mol. The molecule has 4 aromatic carbocycles. The van der Waals surface area contributed by atoms with Crippen LogP contribution in [0, 0.1) is 0 Å². The number of nitrogens with one attached hydrogen (secondary N) is 4. The monoisotopic (exact) mass is 1120 g/mol. The third-order valence-electron chi connectivity index (χ3n) is 16.8. The fraction of sp³-hybridized carbons (Fsp3) is 0.395. The van der Waals surface area contributed by atoms with Crippen LogP contribution in [-0.4, -0.2) is 31.8 Å². The van der Waals surface area contributed by atoms with Gasteiger partial charge >= 0.3 is 0 Å². The van der Waals surface area contributed by atoms with Gasteiger partial charge in [0.05, 0.1) is 22.8 Å². The van der Waals surface area contributed by atoms with Crippen LogP contribution in [0.25, 0.3) is 90.9 Å². The fourth-order valence-electron chi connectivity index (χ4n) is 12.1. The number of aromatic amines is 2. The van der Waals surface area contributed by atoms with E-state index in [0.717, 1.165) is 126 Å². The van der Waals surface area contributed by atoms with E-state index < -0.39 is 0 Å². The Morgan fingerprint density at radius 3 is 0.833 bits per heavy atom. The van der Waals surface area contributed by atoms with Crippen LogP contribution < -0.4 is 10.6 Å². The Kier molecular flexibility index (Phi) is 24.0. The molecule has 84 heavy (non-hydrogen) atoms. The average Bonchev–Trinajstić information content (AvgIpc) is 3.85. The first-order valence-electron chi connectivity index (χ1n) is 32.5. The number of amides is 2. The normalized spacial score (nSPS) is 11.8. The van der Waals surface area contributed by atoms with E-state index in [-0.39, 0.29) is 11.8 Å². The van der Waals surface area contributed by atoms with Crippen molar-refractivity contribution in [3.05, 3.63) is 156 Å². The van der Waals surface area contributed by atoms with E-state index in [1.54, 1.807) is 0 Å². The molecule has 7 aromatic rings. The molecule has 2 aliphatic rings. The minimum absolute atomic E-state index is 0.0530. The Balaban J connectivity index is 0.977. The van der Waals surface area contributed by atoms with Crippen molar-refractivity contribution in [1.82, 2.24) is 19.9 Å². The van der Waals surface area contributed by atoms with Crippen molar-refractivity contribution >= 4 is 69.6 Å². The molecule has 3 aromatic heterocycles. The van der Waals surface area contributed by atoms with E-state index in [1.807, 2.05) is 36.4 Å². The van der Waals surface area contributed by atoms with Gasteiger partial charge in [-0.1, -0.05) is 253 Å². The summed E-state index contributed by atoms with van der Waals surface area (Å²) >= 11 is 0. The molecule has 0 fully saturated rings. The molecule has 438 valence electrons. The lowest BCUT2D eigenvalue weighted by Crippen LogP contribution is -2.10. The Morgan fingerprint density at radius 1 is 0.310 bits per heavy atom. The summed E-state index contributed by atoms with van der Waals surface area (Å²) in [6, 6.07) is 45.9. The molecule has 5 heterocycles. The lowest BCUT2D eigenvalue weighted by molar-refractivity contribution is -0.117. The van der Waals surface area contributed by atoms with Crippen molar-refractivity contribution in [3.63, 3.8) is 0 Å². The summed E-state index contributed by atoms with van der Waals surface area (Å²) in [5.41, 5.74) is 16.4. The number of fused-ring (bicyclic) bond motifs is 8. The van der Waals surface area contributed by atoms with E-state index in [9.17, 15) is 9.59 Å². The predicted molar refractivity (Wildman–Crippen MR) is 358 cm³/mol. The van der Waals surface area contributed by atoms with Gasteiger partial charge in [0, 0.05) is 68.5 Å². The van der Waals surface area contributed by atoms with Gasteiger partial charge in [-0.2, -0.15) is 0 Å². The second kappa shape index (κ2) is 33.1. The first-order chi connectivity index (χ1) is 41.4. The number of benzene rings is 4. The Hall–Kier alpha value is -7.58. The maximum Gasteiger partial charge on any atom is 0.224 e. The molecule has 0 radical (unpaired) electrons. The van der Waals surface area contributed by atoms with E-state index in [0.29, 0.717) is 12.8 Å². The van der Waals surface area contributed by atoms with Crippen LogP contribution in [0.4, 0.5) is 11.4 Å². The van der Waals surface area contributed by atoms with Crippen molar-refractivity contribution in [3.8, 4) is 44.5 Å². The zero-order valence-electron chi connectivity index (χ0n) is 50.5. The summed E-state index contributed by atoms with van der Waals surface area (Å²) < 4.78 is 0. The van der Waals surface area contributed by atoms with Crippen LogP contribution in [0.2, 0.25) is 0 Å². The molecule has 0 saturated heterocycles. The lowest BCUT2D eigenvalue weighted by Gasteiger charge is -2.09. The van der Waals surface area contributed by atoms with Gasteiger partial charge in [0.15, 0.2) is 0 Å². The number of carbonyl (C=O) groups is 2. The summed E-state index contributed by atoms with van der Waals surface area (Å²) in [5, 5.41) is 6.37. The van der Waals surface area contributed by atoms with Crippen molar-refractivity contribution in [2.45, 2.75) is 194 Å².